The minimum Gasteiger partial charge on any atom is -0.478 e. The number of aromatic carboxylic acids is 1. The van der Waals surface area contributed by atoms with Crippen molar-refractivity contribution in [1.29, 1.82) is 0 Å². The topological polar surface area (TPSA) is 78.4 Å². The van der Waals surface area contributed by atoms with Crippen molar-refractivity contribution in [2.24, 2.45) is 0 Å². The van der Waals surface area contributed by atoms with E-state index in [-0.39, 0.29) is 11.3 Å². The number of halogens is 1. The summed E-state index contributed by atoms with van der Waals surface area (Å²) < 4.78 is 13.5. The molecule has 1 heterocycles. The third-order valence-electron chi connectivity index (χ3n) is 2.24. The number of carbonyl (C=O) groups is 2. The second-order valence-corrected chi connectivity index (χ2v) is 4.37. The molecule has 0 atom stereocenters. The Morgan fingerprint density at radius 3 is 2.58 bits per heavy atom. The Balaban J connectivity index is 2.07. The van der Waals surface area contributed by atoms with Crippen LogP contribution in [0.1, 0.15) is 10.4 Å². The van der Waals surface area contributed by atoms with Crippen LogP contribution in [0, 0.1) is 5.82 Å². The van der Waals surface area contributed by atoms with Gasteiger partial charge in [-0.2, -0.15) is 11.3 Å². The summed E-state index contributed by atoms with van der Waals surface area (Å²) in [6, 6.07) is 4.37. The van der Waals surface area contributed by atoms with E-state index in [2.05, 4.69) is 10.6 Å². The molecule has 7 heteroatoms. The molecule has 5 nitrogen and oxygen atoms in total. The van der Waals surface area contributed by atoms with Gasteiger partial charge in [0.2, 0.25) is 0 Å². The smallest absolute Gasteiger partial charge is 0.335 e. The van der Waals surface area contributed by atoms with Gasteiger partial charge in [0.25, 0.3) is 0 Å². The van der Waals surface area contributed by atoms with Crippen LogP contribution in [0.2, 0.25) is 0 Å². The van der Waals surface area contributed by atoms with Crippen molar-refractivity contribution in [1.82, 2.24) is 0 Å². The van der Waals surface area contributed by atoms with E-state index in [1.165, 1.54) is 23.5 Å². The van der Waals surface area contributed by atoms with Gasteiger partial charge in [0.05, 0.1) is 16.9 Å². The molecule has 0 saturated heterocycles. The van der Waals surface area contributed by atoms with Crippen LogP contribution >= 0.6 is 11.3 Å². The minimum atomic E-state index is -1.23. The van der Waals surface area contributed by atoms with Crippen LogP contribution < -0.4 is 10.6 Å². The van der Waals surface area contributed by atoms with Gasteiger partial charge >= 0.3 is 12.0 Å². The second kappa shape index (κ2) is 5.49. The molecule has 0 aliphatic rings. The van der Waals surface area contributed by atoms with E-state index < -0.39 is 17.8 Å². The molecule has 98 valence electrons. The Morgan fingerprint density at radius 2 is 2.00 bits per heavy atom. The first-order valence-corrected chi connectivity index (χ1v) is 6.13. The lowest BCUT2D eigenvalue weighted by atomic mass is 10.2. The van der Waals surface area contributed by atoms with E-state index in [9.17, 15) is 14.0 Å². The summed E-state index contributed by atoms with van der Waals surface area (Å²) in [5, 5.41) is 17.0. The highest BCUT2D eigenvalue weighted by Crippen LogP contribution is 2.17. The summed E-state index contributed by atoms with van der Waals surface area (Å²) in [7, 11) is 0. The predicted octanol–water partition coefficient (Wildman–Crippen LogP) is 3.23. The maximum atomic E-state index is 13.5. The fourth-order valence-electron chi connectivity index (χ4n) is 1.37. The van der Waals surface area contributed by atoms with Crippen molar-refractivity contribution in [3.63, 3.8) is 0 Å². The van der Waals surface area contributed by atoms with Gasteiger partial charge in [-0.25, -0.2) is 14.0 Å². The lowest BCUT2D eigenvalue weighted by Gasteiger charge is -2.07. The monoisotopic (exact) mass is 280 g/mol. The molecule has 1 aromatic carbocycles. The molecule has 0 aliphatic heterocycles. The van der Waals surface area contributed by atoms with Crippen molar-refractivity contribution in [3.05, 3.63) is 46.4 Å². The third kappa shape index (κ3) is 3.29. The Morgan fingerprint density at radius 1 is 1.21 bits per heavy atom. The number of benzene rings is 1. The number of amides is 2. The number of thiophene rings is 1. The molecule has 0 radical (unpaired) electrons. The van der Waals surface area contributed by atoms with E-state index in [1.807, 2.05) is 0 Å². The first kappa shape index (κ1) is 13.0. The zero-order valence-electron chi connectivity index (χ0n) is 9.51. The number of anilines is 2. The molecule has 2 rings (SSSR count). The largest absolute Gasteiger partial charge is 0.478 e. The predicted molar refractivity (Wildman–Crippen MR) is 70.3 cm³/mol. The molecule has 2 aromatic rings. The number of nitrogens with one attached hydrogen (secondary N) is 2. The molecule has 3 N–H and O–H groups in total. The lowest BCUT2D eigenvalue weighted by Crippen LogP contribution is -2.19. The van der Waals surface area contributed by atoms with Gasteiger partial charge in [0, 0.05) is 5.38 Å². The van der Waals surface area contributed by atoms with Crippen molar-refractivity contribution >= 4 is 34.7 Å². The first-order valence-electron chi connectivity index (χ1n) is 5.19. The van der Waals surface area contributed by atoms with Crippen LogP contribution in [0.3, 0.4) is 0 Å². The SMILES string of the molecule is O=C(Nc1ccsc1)Nc1ccc(C(=O)O)cc1F. The summed E-state index contributed by atoms with van der Waals surface area (Å²) in [6.45, 7) is 0. The van der Waals surface area contributed by atoms with Crippen LogP contribution in [-0.4, -0.2) is 17.1 Å². The third-order valence-corrected chi connectivity index (χ3v) is 2.93. The van der Waals surface area contributed by atoms with E-state index in [4.69, 9.17) is 5.11 Å². The standard InChI is InChI=1S/C12H9FN2O3S/c13-9-5-7(11(16)17)1-2-10(9)15-12(18)14-8-3-4-19-6-8/h1-6H,(H,16,17)(H2,14,15,18). The van der Waals surface area contributed by atoms with Gasteiger partial charge in [0.15, 0.2) is 0 Å². The van der Waals surface area contributed by atoms with Crippen molar-refractivity contribution in [2.45, 2.75) is 0 Å². The van der Waals surface area contributed by atoms with Crippen molar-refractivity contribution in [3.8, 4) is 0 Å². The lowest BCUT2D eigenvalue weighted by molar-refractivity contribution is 0.0696. The Bertz CT molecular complexity index is 613. The molecule has 0 aliphatic carbocycles. The molecule has 0 bridgehead atoms. The molecule has 2 amide bonds. The van der Waals surface area contributed by atoms with E-state index in [1.54, 1.807) is 16.8 Å². The van der Waals surface area contributed by atoms with Gasteiger partial charge in [-0.15, -0.1) is 0 Å². The number of urea groups is 1. The summed E-state index contributed by atoms with van der Waals surface area (Å²) in [5.74, 6) is -2.03. The average molecular weight is 280 g/mol. The van der Waals surface area contributed by atoms with Crippen molar-refractivity contribution in [2.75, 3.05) is 10.6 Å². The molecule has 0 saturated carbocycles. The summed E-state index contributed by atoms with van der Waals surface area (Å²) in [4.78, 5) is 22.2. The molecule has 1 aromatic heterocycles. The number of hydrogen-bond acceptors (Lipinski definition) is 3. The summed E-state index contributed by atoms with van der Waals surface area (Å²) in [6.07, 6.45) is 0. The van der Waals surface area contributed by atoms with Gasteiger partial charge < -0.3 is 15.7 Å². The van der Waals surface area contributed by atoms with Crippen molar-refractivity contribution < 1.29 is 19.1 Å². The fraction of sp³-hybridized carbons (Fsp3) is 0. The Hall–Kier alpha value is -2.41. The van der Waals surface area contributed by atoms with E-state index in [0.717, 1.165) is 6.07 Å². The molecule has 19 heavy (non-hydrogen) atoms. The normalized spacial score (nSPS) is 9.95. The summed E-state index contributed by atoms with van der Waals surface area (Å²) >= 11 is 1.41. The number of rotatable bonds is 3. The molecule has 0 fully saturated rings. The summed E-state index contributed by atoms with van der Waals surface area (Å²) in [5.41, 5.74) is 0.337. The highest BCUT2D eigenvalue weighted by Gasteiger charge is 2.10. The zero-order chi connectivity index (χ0) is 13.8. The second-order valence-electron chi connectivity index (χ2n) is 3.59. The van der Waals surface area contributed by atoms with Crippen LogP contribution in [0.5, 0.6) is 0 Å². The highest BCUT2D eigenvalue weighted by molar-refractivity contribution is 7.08. The average Bonchev–Trinajstić information content (AvgIpc) is 2.84. The maximum absolute atomic E-state index is 13.5. The van der Waals surface area contributed by atoms with E-state index >= 15 is 0 Å². The van der Waals surface area contributed by atoms with Gasteiger partial charge in [-0.1, -0.05) is 0 Å². The number of hydrogen-bond donors (Lipinski definition) is 3. The van der Waals surface area contributed by atoms with Crippen LogP contribution in [0.25, 0.3) is 0 Å². The van der Waals surface area contributed by atoms with Crippen LogP contribution in [-0.2, 0) is 0 Å². The number of carboxylic acid groups (broad SMARTS) is 1. The molecular weight excluding hydrogens is 271 g/mol. The van der Waals surface area contributed by atoms with Gasteiger partial charge in [-0.3, -0.25) is 0 Å². The van der Waals surface area contributed by atoms with Gasteiger partial charge in [0.1, 0.15) is 5.82 Å². The number of carbonyl (C=O) groups excluding carboxylic acids is 1. The Labute approximate surface area is 111 Å². The minimum absolute atomic E-state index is 0.0854. The zero-order valence-corrected chi connectivity index (χ0v) is 10.3. The highest BCUT2D eigenvalue weighted by atomic mass is 32.1. The molecular formula is C12H9FN2O3S. The molecule has 0 spiro atoms. The first-order chi connectivity index (χ1) is 9.06. The van der Waals surface area contributed by atoms with E-state index in [0.29, 0.717) is 5.69 Å². The molecule has 0 unspecified atom stereocenters. The van der Waals surface area contributed by atoms with Crippen LogP contribution in [0.4, 0.5) is 20.6 Å². The number of carboxylic acids is 1. The maximum Gasteiger partial charge on any atom is 0.335 e. The quantitative estimate of drug-likeness (QED) is 0.807. The van der Waals surface area contributed by atoms with Crippen LogP contribution in [0.15, 0.2) is 35.0 Å². The fourth-order valence-corrected chi connectivity index (χ4v) is 1.96. The Kier molecular flexibility index (Phi) is 3.76. The van der Waals surface area contributed by atoms with Gasteiger partial charge in [-0.05, 0) is 29.6 Å².